The third-order valence-corrected chi connectivity index (χ3v) is 2.52. The van der Waals surface area contributed by atoms with Crippen molar-refractivity contribution < 1.29 is 9.79 Å². The second-order valence-corrected chi connectivity index (χ2v) is 3.53. The van der Waals surface area contributed by atoms with Crippen molar-refractivity contribution in [2.24, 2.45) is 0 Å². The summed E-state index contributed by atoms with van der Waals surface area (Å²) < 4.78 is 1.52. The van der Waals surface area contributed by atoms with Gasteiger partial charge in [0.05, 0.1) is 0 Å². The molecule has 0 bridgehead atoms. The Bertz CT molecular complexity index is 106. The molecule has 0 spiro atoms. The van der Waals surface area contributed by atoms with Gasteiger partial charge in [0.25, 0.3) is 8.53 Å². The Hall–Kier alpha value is 0.270. The van der Waals surface area contributed by atoms with Crippen LogP contribution in [0.5, 0.6) is 0 Å². The highest BCUT2D eigenvalue weighted by Crippen LogP contribution is 2.30. The maximum absolute atomic E-state index is 8.79. The van der Waals surface area contributed by atoms with Crippen molar-refractivity contribution in [3.05, 3.63) is 0 Å². The lowest BCUT2D eigenvalue weighted by Gasteiger charge is -2.26. The van der Waals surface area contributed by atoms with Crippen molar-refractivity contribution in [1.82, 2.24) is 9.79 Å². The fourth-order valence-electron chi connectivity index (χ4n) is 1.10. The van der Waals surface area contributed by atoms with Gasteiger partial charge in [0.2, 0.25) is 0 Å². The lowest BCUT2D eigenvalue weighted by Crippen LogP contribution is -2.33. The zero-order valence-corrected chi connectivity index (χ0v) is 6.96. The molecule has 4 nitrogen and oxygen atoms in total. The van der Waals surface area contributed by atoms with Crippen molar-refractivity contribution >= 4 is 8.53 Å². The maximum atomic E-state index is 8.79. The molecule has 1 fully saturated rings. The van der Waals surface area contributed by atoms with E-state index in [2.05, 4.69) is 0 Å². The molecule has 0 amide bonds. The highest BCUT2D eigenvalue weighted by atomic mass is 31.2. The van der Waals surface area contributed by atoms with Gasteiger partial charge in [-0.25, -0.2) is 5.01 Å². The minimum atomic E-state index is -1.91. The second-order valence-electron chi connectivity index (χ2n) is 2.42. The first kappa shape index (κ1) is 8.37. The summed E-state index contributed by atoms with van der Waals surface area (Å²) in [5, 5.41) is 1.96. The van der Waals surface area contributed by atoms with Gasteiger partial charge in [-0.2, -0.15) is 4.78 Å². The Kier molecular flexibility index (Phi) is 3.01. The van der Waals surface area contributed by atoms with Gasteiger partial charge in [-0.15, -0.1) is 0 Å². The van der Waals surface area contributed by atoms with Crippen LogP contribution in [0.25, 0.3) is 0 Å². The zero-order chi connectivity index (χ0) is 7.56. The molecule has 0 saturated carbocycles. The van der Waals surface area contributed by atoms with Crippen LogP contribution in [0, 0.1) is 0 Å². The van der Waals surface area contributed by atoms with E-state index in [1.54, 1.807) is 7.05 Å². The number of hydrogen-bond donors (Lipinski definition) is 2. The standard InChI is InChI=1S/C5H13N2O2P/c1-6(10(8)9)7-4-2-3-5-7/h8-9H,2-5H2,1H3. The van der Waals surface area contributed by atoms with Crippen LogP contribution in [-0.4, -0.2) is 39.7 Å². The van der Waals surface area contributed by atoms with Crippen LogP contribution < -0.4 is 0 Å². The van der Waals surface area contributed by atoms with Gasteiger partial charge in [0.15, 0.2) is 0 Å². The summed E-state index contributed by atoms with van der Waals surface area (Å²) in [6.07, 6.45) is 2.32. The number of hydrogen-bond acceptors (Lipinski definition) is 4. The van der Waals surface area contributed by atoms with E-state index in [-0.39, 0.29) is 0 Å². The Morgan fingerprint density at radius 1 is 1.30 bits per heavy atom. The summed E-state index contributed by atoms with van der Waals surface area (Å²) in [4.78, 5) is 17.6. The minimum absolute atomic E-state index is 0.955. The second kappa shape index (κ2) is 3.60. The normalized spacial score (nSPS) is 21.3. The van der Waals surface area contributed by atoms with E-state index in [1.807, 2.05) is 5.01 Å². The highest BCUT2D eigenvalue weighted by molar-refractivity contribution is 7.42. The largest absolute Gasteiger partial charge is 0.337 e. The van der Waals surface area contributed by atoms with E-state index < -0.39 is 8.53 Å². The fourth-order valence-corrected chi connectivity index (χ4v) is 1.51. The van der Waals surface area contributed by atoms with Gasteiger partial charge in [0.1, 0.15) is 0 Å². The fraction of sp³-hybridized carbons (Fsp3) is 1.00. The van der Waals surface area contributed by atoms with Crippen LogP contribution in [0.1, 0.15) is 12.8 Å². The molecule has 5 heteroatoms. The molecule has 1 aliphatic heterocycles. The Labute approximate surface area is 62.0 Å². The molecular formula is C5H13N2O2P. The van der Waals surface area contributed by atoms with Crippen molar-refractivity contribution in [3.63, 3.8) is 0 Å². The Morgan fingerprint density at radius 2 is 1.80 bits per heavy atom. The summed E-state index contributed by atoms with van der Waals surface area (Å²) >= 11 is 0. The van der Waals surface area contributed by atoms with Crippen LogP contribution >= 0.6 is 8.53 Å². The first-order chi connectivity index (χ1) is 4.72. The van der Waals surface area contributed by atoms with Gasteiger partial charge in [-0.1, -0.05) is 0 Å². The topological polar surface area (TPSA) is 46.9 Å². The van der Waals surface area contributed by atoms with Crippen molar-refractivity contribution in [1.29, 1.82) is 0 Å². The van der Waals surface area contributed by atoms with E-state index in [0.29, 0.717) is 0 Å². The molecule has 10 heavy (non-hydrogen) atoms. The first-order valence-electron chi connectivity index (χ1n) is 3.38. The minimum Gasteiger partial charge on any atom is -0.337 e. The lowest BCUT2D eigenvalue weighted by atomic mass is 10.4. The number of nitrogens with zero attached hydrogens (tertiary/aromatic N) is 2. The molecule has 0 atom stereocenters. The summed E-state index contributed by atoms with van der Waals surface area (Å²) in [5.74, 6) is 0. The van der Waals surface area contributed by atoms with E-state index in [4.69, 9.17) is 9.79 Å². The van der Waals surface area contributed by atoms with Gasteiger partial charge < -0.3 is 9.79 Å². The molecule has 1 saturated heterocycles. The van der Waals surface area contributed by atoms with Gasteiger partial charge in [-0.3, -0.25) is 0 Å². The third kappa shape index (κ3) is 1.87. The SMILES string of the molecule is CN(N1CCCC1)P(O)O. The molecule has 60 valence electrons. The summed E-state index contributed by atoms with van der Waals surface area (Å²) in [6.45, 7) is 1.91. The average Bonchev–Trinajstić information content (AvgIpc) is 2.36. The smallest absolute Gasteiger partial charge is 0.267 e. The summed E-state index contributed by atoms with van der Waals surface area (Å²) in [5.41, 5.74) is 0. The molecule has 2 N–H and O–H groups in total. The van der Waals surface area contributed by atoms with E-state index >= 15 is 0 Å². The van der Waals surface area contributed by atoms with Crippen LogP contribution in [0.2, 0.25) is 0 Å². The average molecular weight is 164 g/mol. The third-order valence-electron chi connectivity index (χ3n) is 1.75. The highest BCUT2D eigenvalue weighted by Gasteiger charge is 2.20. The van der Waals surface area contributed by atoms with Gasteiger partial charge >= 0.3 is 0 Å². The number of hydrazine groups is 1. The van der Waals surface area contributed by atoms with Crippen LogP contribution in [0.15, 0.2) is 0 Å². The van der Waals surface area contributed by atoms with Crippen molar-refractivity contribution in [2.45, 2.75) is 12.8 Å². The Morgan fingerprint density at radius 3 is 2.20 bits per heavy atom. The predicted octanol–water partition coefficient (Wildman–Crippen LogP) is 0.140. The van der Waals surface area contributed by atoms with Crippen molar-refractivity contribution in [2.75, 3.05) is 20.1 Å². The van der Waals surface area contributed by atoms with Gasteiger partial charge in [-0.05, 0) is 12.8 Å². The zero-order valence-electron chi connectivity index (χ0n) is 6.06. The first-order valence-corrected chi connectivity index (χ1v) is 4.58. The molecule has 0 radical (unpaired) electrons. The summed E-state index contributed by atoms with van der Waals surface area (Å²) in [6, 6.07) is 0. The quantitative estimate of drug-likeness (QED) is 0.570. The van der Waals surface area contributed by atoms with E-state index in [9.17, 15) is 0 Å². The monoisotopic (exact) mass is 164 g/mol. The molecule has 0 aliphatic carbocycles. The molecular weight excluding hydrogens is 151 g/mol. The lowest BCUT2D eigenvalue weighted by molar-refractivity contribution is 0.0990. The summed E-state index contributed by atoms with van der Waals surface area (Å²) in [7, 11) is -0.208. The maximum Gasteiger partial charge on any atom is 0.267 e. The van der Waals surface area contributed by atoms with E-state index in [0.717, 1.165) is 25.9 Å². The molecule has 1 rings (SSSR count). The van der Waals surface area contributed by atoms with E-state index in [1.165, 1.54) is 4.78 Å². The van der Waals surface area contributed by atoms with Crippen molar-refractivity contribution in [3.8, 4) is 0 Å². The molecule has 1 heterocycles. The molecule has 0 aromatic rings. The van der Waals surface area contributed by atoms with Crippen LogP contribution in [-0.2, 0) is 0 Å². The molecule has 0 aromatic carbocycles. The molecule has 0 unspecified atom stereocenters. The molecule has 0 aromatic heterocycles. The van der Waals surface area contributed by atoms with Crippen LogP contribution in [0.4, 0.5) is 0 Å². The number of rotatable bonds is 2. The van der Waals surface area contributed by atoms with Gasteiger partial charge in [0, 0.05) is 20.1 Å². The van der Waals surface area contributed by atoms with Crippen LogP contribution in [0.3, 0.4) is 0 Å². The molecule has 1 aliphatic rings. The Balaban J connectivity index is 2.32. The predicted molar refractivity (Wildman–Crippen MR) is 39.9 cm³/mol.